The highest BCUT2D eigenvalue weighted by molar-refractivity contribution is 6.21. The van der Waals surface area contributed by atoms with Crippen molar-refractivity contribution in [3.63, 3.8) is 0 Å². The molecule has 0 bridgehead atoms. The first-order valence-electron chi connectivity index (χ1n) is 24.5. The highest BCUT2D eigenvalue weighted by Gasteiger charge is 2.26. The van der Waals surface area contributed by atoms with E-state index in [1.807, 2.05) is 30.3 Å². The predicted octanol–water partition coefficient (Wildman–Crippen LogP) is 19.3. The summed E-state index contributed by atoms with van der Waals surface area (Å²) in [5.41, 5.74) is 15.8. The van der Waals surface area contributed by atoms with Gasteiger partial charge in [-0.2, -0.15) is 5.26 Å². The molecule has 0 amide bonds. The zero-order chi connectivity index (χ0) is 48.6. The minimum Gasteiger partial charge on any atom is -0.456 e. The lowest BCUT2D eigenvalue weighted by Gasteiger charge is -2.28. The number of benzene rings is 11. The fraction of sp³-hybridized carbons (Fsp3) is 0.0455. The van der Waals surface area contributed by atoms with Crippen LogP contribution in [0.4, 0.5) is 34.1 Å². The van der Waals surface area contributed by atoms with Crippen molar-refractivity contribution in [1.29, 1.82) is 5.26 Å². The lowest BCUT2D eigenvalue weighted by atomic mass is 9.99. The van der Waals surface area contributed by atoms with Gasteiger partial charge in [-0.05, 0) is 144 Å². The average Bonchev–Trinajstić information content (AvgIpc) is 4.19. The van der Waals surface area contributed by atoms with Crippen molar-refractivity contribution in [1.82, 2.24) is 0 Å². The molecule has 344 valence electrons. The summed E-state index contributed by atoms with van der Waals surface area (Å²) >= 11 is 0. The van der Waals surface area contributed by atoms with Crippen LogP contribution in [0.1, 0.15) is 22.3 Å². The Morgan fingerprint density at radius 3 is 1.58 bits per heavy atom. The number of nitriles is 1. The van der Waals surface area contributed by atoms with E-state index in [1.165, 1.54) is 0 Å². The van der Waals surface area contributed by atoms with E-state index in [2.05, 4.69) is 200 Å². The molecule has 0 atom stereocenters. The van der Waals surface area contributed by atoms with Crippen molar-refractivity contribution >= 4 is 143 Å². The molecule has 4 heterocycles. The highest BCUT2D eigenvalue weighted by Crippen LogP contribution is 2.48. The van der Waals surface area contributed by atoms with E-state index >= 15 is 0 Å². The van der Waals surface area contributed by atoms with Crippen LogP contribution in [-0.4, -0.2) is 0 Å². The molecule has 0 spiro atoms. The second kappa shape index (κ2) is 15.4. The number of hydrogen-bond acceptors (Lipinski definition) is 7. The van der Waals surface area contributed by atoms with Gasteiger partial charge in [0, 0.05) is 65.8 Å². The van der Waals surface area contributed by atoms with Gasteiger partial charge in [-0.15, -0.1) is 0 Å². The zero-order valence-corrected chi connectivity index (χ0v) is 39.9. The number of aryl methyl sites for hydroxylation is 3. The third-order valence-electron chi connectivity index (χ3n) is 15.0. The van der Waals surface area contributed by atoms with Gasteiger partial charge in [0.15, 0.2) is 16.7 Å². The second-order valence-electron chi connectivity index (χ2n) is 19.3. The van der Waals surface area contributed by atoms with Crippen molar-refractivity contribution in [2.75, 3.05) is 9.80 Å². The molecule has 4 aromatic heterocycles. The van der Waals surface area contributed by atoms with Crippen LogP contribution in [0, 0.1) is 32.1 Å². The monoisotopic (exact) mass is 939 g/mol. The van der Waals surface area contributed by atoms with Gasteiger partial charge in [-0.3, -0.25) is 0 Å². The summed E-state index contributed by atoms with van der Waals surface area (Å²) < 4.78 is 26.8. The molecule has 15 aromatic rings. The molecule has 11 aromatic carbocycles. The van der Waals surface area contributed by atoms with E-state index in [0.29, 0.717) is 27.9 Å². The van der Waals surface area contributed by atoms with E-state index in [9.17, 15) is 5.26 Å². The van der Waals surface area contributed by atoms with Crippen molar-refractivity contribution in [3.8, 4) is 6.07 Å². The Morgan fingerprint density at radius 2 is 0.890 bits per heavy atom. The van der Waals surface area contributed by atoms with E-state index in [1.54, 1.807) is 0 Å². The summed E-state index contributed by atoms with van der Waals surface area (Å²) in [6.45, 7) is 6.43. The smallest absolute Gasteiger partial charge is 0.159 e. The van der Waals surface area contributed by atoms with E-state index in [-0.39, 0.29) is 0 Å². The predicted molar refractivity (Wildman–Crippen MR) is 299 cm³/mol. The van der Waals surface area contributed by atoms with Crippen LogP contribution in [0.25, 0.3) is 109 Å². The van der Waals surface area contributed by atoms with Gasteiger partial charge in [-0.25, -0.2) is 0 Å². The number of hydrogen-bond donors (Lipinski definition) is 0. The molecule has 7 nitrogen and oxygen atoms in total. The molecule has 0 saturated heterocycles. The van der Waals surface area contributed by atoms with Gasteiger partial charge < -0.3 is 27.5 Å². The van der Waals surface area contributed by atoms with E-state index < -0.39 is 0 Å². The largest absolute Gasteiger partial charge is 0.456 e. The molecule has 0 N–H and O–H groups in total. The van der Waals surface area contributed by atoms with Gasteiger partial charge >= 0.3 is 0 Å². The summed E-state index contributed by atoms with van der Waals surface area (Å²) in [4.78, 5) is 4.60. The first-order chi connectivity index (χ1) is 35.9. The van der Waals surface area contributed by atoms with Crippen LogP contribution in [0.5, 0.6) is 0 Å². The third kappa shape index (κ3) is 6.05. The molecule has 0 fully saturated rings. The van der Waals surface area contributed by atoms with Crippen molar-refractivity contribution in [3.05, 3.63) is 216 Å². The molecule has 0 unspecified atom stereocenters. The van der Waals surface area contributed by atoms with Gasteiger partial charge in [0.05, 0.1) is 11.4 Å². The summed E-state index contributed by atoms with van der Waals surface area (Å²) in [5.74, 6) is 0. The number of anilines is 6. The molecular formula is C66H41N3O4. The molecule has 73 heavy (non-hydrogen) atoms. The topological polar surface area (TPSA) is 82.8 Å². The Hall–Kier alpha value is -9.77. The standard InChI is InChI=1S/C66H41N3O4/c1-37-13-4-8-18-54(37)68(56-20-12-17-48-46-15-6-10-21-57(46)71-65(48)56)44-26-24-41-32-52-60(34-42(41)29-44)70-61-35-51-50-31-40-25-27-45(30-43(40)33-59(50)73-64(51)53(36-67)62(52)61)69(55-19-9-5-14-38(55)2)63-39(3)23-28-49-47-16-7-11-22-58(47)72-66(49)63/h4-35H,1-3H3. The lowest BCUT2D eigenvalue weighted by Crippen LogP contribution is -2.13. The normalized spacial score (nSPS) is 12.0. The van der Waals surface area contributed by atoms with Crippen LogP contribution in [0.3, 0.4) is 0 Å². The summed E-state index contributed by atoms with van der Waals surface area (Å²) in [6.07, 6.45) is 0. The minimum absolute atomic E-state index is 0.452. The molecule has 7 heteroatoms. The highest BCUT2D eigenvalue weighted by atomic mass is 16.3. The maximum atomic E-state index is 11.0. The van der Waals surface area contributed by atoms with Gasteiger partial charge in [0.1, 0.15) is 39.5 Å². The molecule has 0 aliphatic heterocycles. The third-order valence-corrected chi connectivity index (χ3v) is 15.0. The Labute approximate surface area is 417 Å². The van der Waals surface area contributed by atoms with Crippen LogP contribution in [0.2, 0.25) is 0 Å². The minimum atomic E-state index is 0.452. The number of rotatable bonds is 6. The van der Waals surface area contributed by atoms with Crippen LogP contribution >= 0.6 is 0 Å². The quantitative estimate of drug-likeness (QED) is 0.164. The Bertz CT molecular complexity index is 4890. The number of nitrogens with zero attached hydrogens (tertiary/aromatic N) is 3. The van der Waals surface area contributed by atoms with Crippen LogP contribution in [0.15, 0.2) is 212 Å². The first-order valence-corrected chi connectivity index (χ1v) is 24.5. The maximum Gasteiger partial charge on any atom is 0.159 e. The molecular weight excluding hydrogens is 899 g/mol. The van der Waals surface area contributed by atoms with Crippen LogP contribution in [-0.2, 0) is 0 Å². The zero-order valence-electron chi connectivity index (χ0n) is 39.9. The van der Waals surface area contributed by atoms with E-state index in [4.69, 9.17) is 17.7 Å². The summed E-state index contributed by atoms with van der Waals surface area (Å²) in [6, 6.07) is 70.2. The van der Waals surface area contributed by atoms with Crippen molar-refractivity contribution in [2.24, 2.45) is 0 Å². The first kappa shape index (κ1) is 41.1. The maximum absolute atomic E-state index is 11.0. The fourth-order valence-corrected chi connectivity index (χ4v) is 11.5. The molecule has 0 saturated carbocycles. The van der Waals surface area contributed by atoms with E-state index in [0.717, 1.165) is 138 Å². The molecule has 0 radical (unpaired) electrons. The molecule has 15 rings (SSSR count). The van der Waals surface area contributed by atoms with Gasteiger partial charge in [0.25, 0.3) is 0 Å². The summed E-state index contributed by atoms with van der Waals surface area (Å²) in [7, 11) is 0. The Balaban J connectivity index is 0.869. The Morgan fingerprint density at radius 1 is 0.342 bits per heavy atom. The Kier molecular flexibility index (Phi) is 8.64. The van der Waals surface area contributed by atoms with Gasteiger partial charge in [-0.1, -0.05) is 109 Å². The average molecular weight is 940 g/mol. The van der Waals surface area contributed by atoms with Crippen molar-refractivity contribution < 1.29 is 17.7 Å². The fourth-order valence-electron chi connectivity index (χ4n) is 11.5. The number of para-hydroxylation sites is 5. The van der Waals surface area contributed by atoms with Crippen LogP contribution < -0.4 is 9.80 Å². The van der Waals surface area contributed by atoms with Gasteiger partial charge in [0.2, 0.25) is 0 Å². The lowest BCUT2D eigenvalue weighted by molar-refractivity contribution is 0.663. The second-order valence-corrected chi connectivity index (χ2v) is 19.3. The SMILES string of the molecule is Cc1ccccc1N(c1ccc2cc3c(cc2c1)oc1cc2c(oc4cc5cc(N(c6ccccc6C)c6c(C)ccc7c6oc6ccccc67)ccc5cc42)c(C#N)c13)c1cccc2c1oc1ccccc12. The van der Waals surface area contributed by atoms with Crippen molar-refractivity contribution in [2.45, 2.75) is 20.8 Å². The molecule has 0 aliphatic rings. The number of fused-ring (bicyclic) bond motifs is 14. The number of furan rings is 4. The molecule has 0 aliphatic carbocycles. The summed E-state index contributed by atoms with van der Waals surface area (Å²) in [5, 5.41) is 22.7.